The summed E-state index contributed by atoms with van der Waals surface area (Å²) < 4.78 is 0. The number of rotatable bonds is 2. The summed E-state index contributed by atoms with van der Waals surface area (Å²) in [6.07, 6.45) is 3.92. The third kappa shape index (κ3) is 2.68. The quantitative estimate of drug-likeness (QED) is 0.761. The number of nitrogens with zero attached hydrogens (tertiary/aromatic N) is 3. The van der Waals surface area contributed by atoms with E-state index in [0.717, 1.165) is 47.8 Å². The van der Waals surface area contributed by atoms with Crippen LogP contribution in [0.3, 0.4) is 0 Å². The predicted molar refractivity (Wildman–Crippen MR) is 92.0 cm³/mol. The molecule has 1 unspecified atom stereocenters. The van der Waals surface area contributed by atoms with E-state index in [-0.39, 0.29) is 11.8 Å². The van der Waals surface area contributed by atoms with Crippen molar-refractivity contribution in [3.8, 4) is 0 Å². The molecule has 1 aliphatic heterocycles. The van der Waals surface area contributed by atoms with Gasteiger partial charge in [-0.1, -0.05) is 0 Å². The zero-order chi connectivity index (χ0) is 16.7. The highest BCUT2D eigenvalue weighted by molar-refractivity contribution is 5.97. The van der Waals surface area contributed by atoms with Crippen molar-refractivity contribution in [2.24, 2.45) is 0 Å². The molecule has 1 fully saturated rings. The number of carbonyl (C=O) groups is 1. The first-order chi connectivity index (χ1) is 11.6. The molecule has 1 aliphatic rings. The number of benzene rings is 1. The number of hydrogen-bond donors (Lipinski definition) is 2. The molecule has 24 heavy (non-hydrogen) atoms. The number of aryl methyl sites for hydroxylation is 2. The molecule has 0 radical (unpaired) electrons. The van der Waals surface area contributed by atoms with E-state index in [1.807, 2.05) is 43.1 Å². The molecule has 0 saturated carbocycles. The lowest BCUT2D eigenvalue weighted by atomic mass is 9.96. The molecule has 124 valence electrons. The van der Waals surface area contributed by atoms with Crippen LogP contribution in [0.5, 0.6) is 0 Å². The van der Waals surface area contributed by atoms with E-state index >= 15 is 0 Å². The van der Waals surface area contributed by atoms with E-state index in [1.165, 1.54) is 0 Å². The van der Waals surface area contributed by atoms with Gasteiger partial charge in [0.25, 0.3) is 5.91 Å². The Hall–Kier alpha value is -2.63. The van der Waals surface area contributed by atoms with Gasteiger partial charge in [0.15, 0.2) is 0 Å². The van der Waals surface area contributed by atoms with Crippen molar-refractivity contribution in [1.82, 2.24) is 24.8 Å². The van der Waals surface area contributed by atoms with E-state index in [2.05, 4.69) is 19.9 Å². The van der Waals surface area contributed by atoms with Crippen molar-refractivity contribution in [1.29, 1.82) is 0 Å². The third-order valence-electron chi connectivity index (χ3n) is 4.67. The number of hydrogen-bond acceptors (Lipinski definition) is 3. The topological polar surface area (TPSA) is 77.7 Å². The van der Waals surface area contributed by atoms with Crippen molar-refractivity contribution in [3.05, 3.63) is 47.3 Å². The van der Waals surface area contributed by atoms with E-state index in [9.17, 15) is 4.79 Å². The van der Waals surface area contributed by atoms with Crippen LogP contribution >= 0.6 is 0 Å². The lowest BCUT2D eigenvalue weighted by molar-refractivity contribution is 0.0705. The summed E-state index contributed by atoms with van der Waals surface area (Å²) in [4.78, 5) is 30.2. The number of likely N-dealkylation sites (tertiary alicyclic amines) is 1. The average Bonchev–Trinajstić information content (AvgIpc) is 3.18. The number of piperidine rings is 1. The van der Waals surface area contributed by atoms with Gasteiger partial charge < -0.3 is 14.9 Å². The number of imidazole rings is 2. The molecule has 6 heteroatoms. The van der Waals surface area contributed by atoms with Gasteiger partial charge in [0, 0.05) is 36.5 Å². The molecule has 0 aliphatic carbocycles. The fourth-order valence-corrected chi connectivity index (χ4v) is 3.48. The Balaban J connectivity index is 1.56. The van der Waals surface area contributed by atoms with Gasteiger partial charge in [0.1, 0.15) is 11.6 Å². The molecule has 6 nitrogen and oxygen atoms in total. The molecule has 2 aromatic heterocycles. The summed E-state index contributed by atoms with van der Waals surface area (Å²) in [6, 6.07) is 5.67. The van der Waals surface area contributed by atoms with Gasteiger partial charge in [-0.3, -0.25) is 4.79 Å². The molecule has 0 spiro atoms. The molecular formula is C18H21N5O. The molecular weight excluding hydrogens is 302 g/mol. The summed E-state index contributed by atoms with van der Waals surface area (Å²) in [5, 5.41) is 0. The second-order valence-corrected chi connectivity index (χ2v) is 6.60. The normalized spacial score (nSPS) is 18.2. The molecule has 0 bridgehead atoms. The SMILES string of the molecule is Cc1cnc(C2CCCN(C(=O)c3ccc4nc(C)[nH]c4c3)C2)[nH]1. The van der Waals surface area contributed by atoms with Crippen LogP contribution in [0.2, 0.25) is 0 Å². The van der Waals surface area contributed by atoms with Crippen molar-refractivity contribution in [3.63, 3.8) is 0 Å². The van der Waals surface area contributed by atoms with Gasteiger partial charge >= 0.3 is 0 Å². The first-order valence-electron chi connectivity index (χ1n) is 8.37. The Bertz CT molecular complexity index is 894. The van der Waals surface area contributed by atoms with Crippen LogP contribution in [-0.4, -0.2) is 43.8 Å². The van der Waals surface area contributed by atoms with Crippen LogP contribution in [-0.2, 0) is 0 Å². The minimum absolute atomic E-state index is 0.0807. The van der Waals surface area contributed by atoms with Gasteiger partial charge in [-0.2, -0.15) is 0 Å². The maximum absolute atomic E-state index is 12.9. The van der Waals surface area contributed by atoms with Crippen LogP contribution in [0.15, 0.2) is 24.4 Å². The van der Waals surface area contributed by atoms with Gasteiger partial charge in [-0.25, -0.2) is 9.97 Å². The van der Waals surface area contributed by atoms with Gasteiger partial charge in [-0.05, 0) is 44.9 Å². The highest BCUT2D eigenvalue weighted by atomic mass is 16.2. The Morgan fingerprint density at radius 2 is 2.17 bits per heavy atom. The largest absolute Gasteiger partial charge is 0.346 e. The Kier molecular flexibility index (Phi) is 3.59. The lowest BCUT2D eigenvalue weighted by Crippen LogP contribution is -2.39. The number of fused-ring (bicyclic) bond motifs is 1. The Labute approximate surface area is 140 Å². The molecule has 3 heterocycles. The fraction of sp³-hybridized carbons (Fsp3) is 0.389. The average molecular weight is 323 g/mol. The van der Waals surface area contributed by atoms with Crippen molar-refractivity contribution >= 4 is 16.9 Å². The third-order valence-corrected chi connectivity index (χ3v) is 4.67. The maximum Gasteiger partial charge on any atom is 0.253 e. The fourth-order valence-electron chi connectivity index (χ4n) is 3.48. The molecule has 4 rings (SSSR count). The van der Waals surface area contributed by atoms with E-state index in [4.69, 9.17) is 0 Å². The van der Waals surface area contributed by atoms with Gasteiger partial charge in [-0.15, -0.1) is 0 Å². The number of nitrogens with one attached hydrogen (secondary N) is 2. The molecule has 2 N–H and O–H groups in total. The van der Waals surface area contributed by atoms with E-state index in [1.54, 1.807) is 0 Å². The first kappa shape index (κ1) is 14.9. The lowest BCUT2D eigenvalue weighted by Gasteiger charge is -2.32. The number of carbonyl (C=O) groups excluding carboxylic acids is 1. The summed E-state index contributed by atoms with van der Waals surface area (Å²) in [5.74, 6) is 2.22. The number of aromatic amines is 2. The number of aromatic nitrogens is 4. The zero-order valence-corrected chi connectivity index (χ0v) is 14.0. The molecule has 1 amide bonds. The standard InChI is InChI=1S/C18H21N5O/c1-11-9-19-17(20-11)14-4-3-7-23(10-14)18(24)13-5-6-15-16(8-13)22-12(2)21-15/h5-6,8-9,14H,3-4,7,10H2,1-2H3,(H,19,20)(H,21,22). The molecule has 3 aromatic rings. The van der Waals surface area contributed by atoms with Crippen molar-refractivity contribution < 1.29 is 4.79 Å². The summed E-state index contributed by atoms with van der Waals surface area (Å²) in [6.45, 7) is 5.44. The van der Waals surface area contributed by atoms with Crippen molar-refractivity contribution in [2.75, 3.05) is 13.1 Å². The van der Waals surface area contributed by atoms with E-state index in [0.29, 0.717) is 12.1 Å². The summed E-state index contributed by atoms with van der Waals surface area (Å²) in [7, 11) is 0. The molecule has 1 aromatic carbocycles. The Morgan fingerprint density at radius 1 is 1.29 bits per heavy atom. The van der Waals surface area contributed by atoms with Crippen LogP contribution in [0.4, 0.5) is 0 Å². The summed E-state index contributed by atoms with van der Waals surface area (Å²) in [5.41, 5.74) is 3.58. The van der Waals surface area contributed by atoms with Gasteiger partial charge in [0.05, 0.1) is 11.0 Å². The maximum atomic E-state index is 12.9. The summed E-state index contributed by atoms with van der Waals surface area (Å²) >= 11 is 0. The van der Waals surface area contributed by atoms with Crippen LogP contribution in [0.1, 0.15) is 46.5 Å². The minimum Gasteiger partial charge on any atom is -0.346 e. The van der Waals surface area contributed by atoms with Crippen LogP contribution < -0.4 is 0 Å². The highest BCUT2D eigenvalue weighted by Crippen LogP contribution is 2.26. The number of amides is 1. The van der Waals surface area contributed by atoms with Crippen molar-refractivity contribution in [2.45, 2.75) is 32.6 Å². The minimum atomic E-state index is 0.0807. The zero-order valence-electron chi connectivity index (χ0n) is 14.0. The van der Waals surface area contributed by atoms with Crippen LogP contribution in [0.25, 0.3) is 11.0 Å². The monoisotopic (exact) mass is 323 g/mol. The molecule has 1 saturated heterocycles. The van der Waals surface area contributed by atoms with E-state index < -0.39 is 0 Å². The second kappa shape index (κ2) is 5.78. The second-order valence-electron chi connectivity index (χ2n) is 6.60. The Morgan fingerprint density at radius 3 is 2.96 bits per heavy atom. The first-order valence-corrected chi connectivity index (χ1v) is 8.37. The molecule has 1 atom stereocenters. The van der Waals surface area contributed by atoms with Gasteiger partial charge in [0.2, 0.25) is 0 Å². The van der Waals surface area contributed by atoms with Crippen LogP contribution in [0, 0.1) is 13.8 Å². The predicted octanol–water partition coefficient (Wildman–Crippen LogP) is 2.92. The highest BCUT2D eigenvalue weighted by Gasteiger charge is 2.27. The number of H-pyrrole nitrogens is 2. The smallest absolute Gasteiger partial charge is 0.253 e.